The predicted molar refractivity (Wildman–Crippen MR) is 146 cm³/mol. The lowest BCUT2D eigenvalue weighted by Crippen LogP contribution is -2.65. The van der Waals surface area contributed by atoms with Crippen LogP contribution in [0.25, 0.3) is 22.6 Å². The Morgan fingerprint density at radius 1 is 1.15 bits per heavy atom. The predicted octanol–water partition coefficient (Wildman–Crippen LogP) is 5.77. The van der Waals surface area contributed by atoms with Gasteiger partial charge in [0.25, 0.3) is 5.91 Å². The van der Waals surface area contributed by atoms with E-state index in [1.807, 2.05) is 55.1 Å². The molecule has 1 N–H and O–H groups in total. The number of imidazole rings is 1. The third kappa shape index (κ3) is 4.75. The average molecular weight is 548 g/mol. The van der Waals surface area contributed by atoms with Gasteiger partial charge in [0.1, 0.15) is 6.10 Å². The minimum Gasteiger partial charge on any atom is -0.374 e. The summed E-state index contributed by atoms with van der Waals surface area (Å²) >= 11 is 0. The van der Waals surface area contributed by atoms with Gasteiger partial charge in [0.2, 0.25) is 0 Å². The molecule has 40 heavy (non-hydrogen) atoms. The molecule has 0 bridgehead atoms. The van der Waals surface area contributed by atoms with Crippen molar-refractivity contribution in [1.29, 1.82) is 0 Å². The fourth-order valence-corrected chi connectivity index (χ4v) is 4.93. The second-order valence-corrected chi connectivity index (χ2v) is 9.49. The molecular weight excluding hydrogens is 519 g/mol. The summed E-state index contributed by atoms with van der Waals surface area (Å²) in [5, 5.41) is 6.76. The summed E-state index contributed by atoms with van der Waals surface area (Å²) in [6.45, 7) is 3.90. The molecule has 0 aliphatic heterocycles. The van der Waals surface area contributed by atoms with Gasteiger partial charge >= 0.3 is 6.18 Å². The van der Waals surface area contributed by atoms with Crippen molar-refractivity contribution in [2.75, 3.05) is 7.11 Å². The highest BCUT2D eigenvalue weighted by atomic mass is 19.4. The summed E-state index contributed by atoms with van der Waals surface area (Å²) in [7, 11) is 1.18. The fourth-order valence-electron chi connectivity index (χ4n) is 4.93. The van der Waals surface area contributed by atoms with Crippen LogP contribution in [-0.4, -0.2) is 50.2 Å². The Kier molecular flexibility index (Phi) is 7.20. The van der Waals surface area contributed by atoms with Gasteiger partial charge in [-0.2, -0.15) is 18.3 Å². The van der Waals surface area contributed by atoms with E-state index in [-0.39, 0.29) is 5.56 Å². The Morgan fingerprint density at radius 2 is 1.93 bits per heavy atom. The lowest BCUT2D eigenvalue weighted by molar-refractivity contribution is -0.201. The van der Waals surface area contributed by atoms with Crippen LogP contribution in [0.1, 0.15) is 28.5 Å². The number of allylic oxidation sites excluding steroid dienone is 2. The molecule has 0 saturated heterocycles. The van der Waals surface area contributed by atoms with Crippen LogP contribution in [0.4, 0.5) is 13.2 Å². The van der Waals surface area contributed by atoms with E-state index in [0.717, 1.165) is 35.0 Å². The van der Waals surface area contributed by atoms with E-state index in [1.54, 1.807) is 29.2 Å². The highest BCUT2D eigenvalue weighted by molar-refractivity contribution is 5.96. The number of ether oxygens (including phenoxy) is 1. The maximum Gasteiger partial charge on any atom is 0.418 e. The number of benzene rings is 2. The Hall–Kier alpha value is -4.44. The van der Waals surface area contributed by atoms with Crippen molar-refractivity contribution < 1.29 is 22.7 Å². The minimum atomic E-state index is -4.79. The third-order valence-corrected chi connectivity index (χ3v) is 7.06. The van der Waals surface area contributed by atoms with Crippen molar-refractivity contribution in [3.8, 4) is 22.6 Å². The zero-order valence-corrected chi connectivity index (χ0v) is 22.2. The molecule has 1 amide bonds. The molecule has 0 saturated carbocycles. The van der Waals surface area contributed by atoms with Crippen LogP contribution in [0.15, 0.2) is 91.6 Å². The quantitative estimate of drug-likeness (QED) is 0.319. The molecule has 0 fully saturated rings. The molecule has 10 heteroatoms. The minimum absolute atomic E-state index is 0.0726. The Labute approximate surface area is 229 Å². The number of aryl methyl sites for hydroxylation is 1. The zero-order valence-electron chi connectivity index (χ0n) is 22.2. The largest absolute Gasteiger partial charge is 0.418 e. The second kappa shape index (κ2) is 10.6. The number of carbonyl (C=O) groups excluding carboxylic acids is 1. The van der Waals surface area contributed by atoms with E-state index in [0.29, 0.717) is 11.4 Å². The highest BCUT2D eigenvalue weighted by Gasteiger charge is 2.59. The normalized spacial score (nSPS) is 18.7. The maximum atomic E-state index is 14.3. The van der Waals surface area contributed by atoms with Gasteiger partial charge in [-0.25, -0.2) is 9.67 Å². The number of hydrogen-bond acceptors (Lipinski definition) is 4. The molecule has 206 valence electrons. The number of methoxy groups -OCH3 is 1. The first-order valence-corrected chi connectivity index (χ1v) is 12.7. The van der Waals surface area contributed by atoms with Crippen molar-refractivity contribution in [3.63, 3.8) is 0 Å². The number of nitrogens with zero attached hydrogens (tertiary/aromatic N) is 4. The molecule has 2 aromatic carbocycles. The molecule has 5 rings (SSSR count). The number of halogens is 3. The highest BCUT2D eigenvalue weighted by Crippen LogP contribution is 2.38. The molecule has 0 spiro atoms. The molecule has 1 aliphatic carbocycles. The number of nitrogens with one attached hydrogen (secondary N) is 1. The van der Waals surface area contributed by atoms with Crippen LogP contribution >= 0.6 is 0 Å². The summed E-state index contributed by atoms with van der Waals surface area (Å²) in [6.07, 6.45) is 4.62. The van der Waals surface area contributed by atoms with Crippen LogP contribution in [0.5, 0.6) is 0 Å². The number of aromatic nitrogens is 4. The molecule has 2 unspecified atom stereocenters. The molecule has 2 atom stereocenters. The first kappa shape index (κ1) is 27.1. The van der Waals surface area contributed by atoms with E-state index in [1.165, 1.54) is 31.4 Å². The van der Waals surface area contributed by atoms with E-state index in [9.17, 15) is 18.0 Å². The topological polar surface area (TPSA) is 74.0 Å². The van der Waals surface area contributed by atoms with Crippen LogP contribution in [0.2, 0.25) is 0 Å². The van der Waals surface area contributed by atoms with Crippen molar-refractivity contribution in [1.82, 2.24) is 24.6 Å². The SMILES string of the molecule is CCc1c(-c2cn(-c3cc(C(=O)NC4(C(F)(F)F)C=CC=CC4OC)ccc3C)cn2)cnn1-c1ccccc1. The zero-order chi connectivity index (χ0) is 28.5. The Morgan fingerprint density at radius 3 is 2.62 bits per heavy atom. The summed E-state index contributed by atoms with van der Waals surface area (Å²) in [4.78, 5) is 17.8. The molecular formula is C30H28F3N5O2. The van der Waals surface area contributed by atoms with Gasteiger partial charge in [-0.1, -0.05) is 49.4 Å². The van der Waals surface area contributed by atoms with Crippen LogP contribution in [0.3, 0.4) is 0 Å². The van der Waals surface area contributed by atoms with Crippen LogP contribution < -0.4 is 5.32 Å². The second-order valence-electron chi connectivity index (χ2n) is 9.49. The fraction of sp³-hybridized carbons (Fsp3) is 0.233. The molecule has 2 heterocycles. The lowest BCUT2D eigenvalue weighted by Gasteiger charge is -2.39. The Bertz CT molecular complexity index is 1590. The average Bonchev–Trinajstić information content (AvgIpc) is 3.60. The molecule has 0 radical (unpaired) electrons. The van der Waals surface area contributed by atoms with E-state index < -0.39 is 23.7 Å². The lowest BCUT2D eigenvalue weighted by atomic mass is 9.86. The van der Waals surface area contributed by atoms with Gasteiger partial charge in [-0.15, -0.1) is 0 Å². The molecule has 4 aromatic rings. The van der Waals surface area contributed by atoms with Gasteiger partial charge < -0.3 is 14.6 Å². The summed E-state index contributed by atoms with van der Waals surface area (Å²) < 4.78 is 51.5. The van der Waals surface area contributed by atoms with Crippen LogP contribution in [0, 0.1) is 6.92 Å². The smallest absolute Gasteiger partial charge is 0.374 e. The summed E-state index contributed by atoms with van der Waals surface area (Å²) in [5.41, 5.74) is 2.29. The van der Waals surface area contributed by atoms with Gasteiger partial charge in [-0.05, 0) is 49.2 Å². The van der Waals surface area contributed by atoms with Gasteiger partial charge in [0, 0.05) is 24.4 Å². The van der Waals surface area contributed by atoms with E-state index in [4.69, 9.17) is 4.74 Å². The Balaban J connectivity index is 1.46. The maximum absolute atomic E-state index is 14.3. The van der Waals surface area contributed by atoms with E-state index >= 15 is 0 Å². The monoisotopic (exact) mass is 547 g/mol. The number of para-hydroxylation sites is 1. The van der Waals surface area contributed by atoms with Crippen molar-refractivity contribution in [3.05, 3.63) is 108 Å². The molecule has 7 nitrogen and oxygen atoms in total. The first-order chi connectivity index (χ1) is 19.2. The molecule has 1 aliphatic rings. The van der Waals surface area contributed by atoms with Gasteiger partial charge in [0.05, 0.1) is 35.3 Å². The first-order valence-electron chi connectivity index (χ1n) is 12.7. The standard InChI is InChI=1S/C30H28F3N5O2/c1-4-25-23(17-35-38(25)22-10-6-5-7-11-22)24-18-37(19-34-24)26-16-21(14-13-20(26)2)28(39)36-29(30(31,32)33)15-9-8-12-27(29)40-3/h5-19,27H,4H2,1-3H3,(H,36,39). The van der Waals surface area contributed by atoms with Crippen molar-refractivity contribution in [2.45, 2.75) is 38.1 Å². The number of amides is 1. The van der Waals surface area contributed by atoms with Gasteiger partial charge in [0.15, 0.2) is 5.54 Å². The van der Waals surface area contributed by atoms with Gasteiger partial charge in [-0.3, -0.25) is 4.79 Å². The number of alkyl halides is 3. The third-order valence-electron chi connectivity index (χ3n) is 7.06. The number of rotatable bonds is 7. The van der Waals surface area contributed by atoms with Crippen LogP contribution in [-0.2, 0) is 11.2 Å². The van der Waals surface area contributed by atoms with E-state index in [2.05, 4.69) is 15.4 Å². The van der Waals surface area contributed by atoms with Crippen molar-refractivity contribution >= 4 is 5.91 Å². The number of hydrogen-bond donors (Lipinski definition) is 1. The summed E-state index contributed by atoms with van der Waals surface area (Å²) in [5.74, 6) is -0.877. The van der Waals surface area contributed by atoms with Crippen molar-refractivity contribution in [2.24, 2.45) is 0 Å². The summed E-state index contributed by atoms with van der Waals surface area (Å²) in [6, 6.07) is 14.5. The molecule has 2 aromatic heterocycles. The number of carbonyl (C=O) groups is 1.